The molecule has 0 aromatic heterocycles. The fourth-order valence-corrected chi connectivity index (χ4v) is 2.20. The number of hydrogen-bond acceptors (Lipinski definition) is 4. The number of nitrogens with zero attached hydrogens (tertiary/aromatic N) is 1. The molecule has 6 nitrogen and oxygen atoms in total. The molecule has 6 heteroatoms. The predicted octanol–water partition coefficient (Wildman–Crippen LogP) is 1.33. The van der Waals surface area contributed by atoms with E-state index in [1.165, 1.54) is 6.92 Å². The third-order valence-electron chi connectivity index (χ3n) is 3.42. The topological polar surface area (TPSA) is 70.7 Å². The average molecular weight is 321 g/mol. The molecule has 2 N–H and O–H groups in total. The lowest BCUT2D eigenvalue weighted by Crippen LogP contribution is -2.36. The van der Waals surface area contributed by atoms with E-state index < -0.39 is 0 Å². The molecular weight excluding hydrogens is 294 g/mol. The maximum atomic E-state index is 11.8. The summed E-state index contributed by atoms with van der Waals surface area (Å²) in [5.41, 5.74) is 1.11. The Morgan fingerprint density at radius 2 is 1.83 bits per heavy atom. The van der Waals surface area contributed by atoms with Crippen LogP contribution in [0.15, 0.2) is 24.3 Å². The summed E-state index contributed by atoms with van der Waals surface area (Å²) >= 11 is 0. The van der Waals surface area contributed by atoms with Crippen molar-refractivity contribution in [3.05, 3.63) is 29.8 Å². The van der Waals surface area contributed by atoms with Crippen molar-refractivity contribution in [3.63, 3.8) is 0 Å². The van der Waals surface area contributed by atoms with Gasteiger partial charge < -0.3 is 20.3 Å². The number of nitrogens with one attached hydrogen (secondary N) is 2. The zero-order valence-electron chi connectivity index (χ0n) is 14.4. The van der Waals surface area contributed by atoms with Crippen LogP contribution in [0.2, 0.25) is 0 Å². The zero-order chi connectivity index (χ0) is 17.2. The van der Waals surface area contributed by atoms with Gasteiger partial charge in [-0.1, -0.05) is 12.1 Å². The van der Waals surface area contributed by atoms with Crippen molar-refractivity contribution >= 4 is 11.8 Å². The van der Waals surface area contributed by atoms with E-state index in [4.69, 9.17) is 4.74 Å². The van der Waals surface area contributed by atoms with Crippen molar-refractivity contribution in [2.45, 2.75) is 26.3 Å². The Bertz CT molecular complexity index is 500. The molecule has 0 saturated heterocycles. The van der Waals surface area contributed by atoms with Crippen LogP contribution in [0.4, 0.5) is 0 Å². The van der Waals surface area contributed by atoms with Crippen LogP contribution in [0.25, 0.3) is 0 Å². The highest BCUT2D eigenvalue weighted by Gasteiger charge is 2.15. The molecule has 1 unspecified atom stereocenters. The Kier molecular flexibility index (Phi) is 8.11. The molecule has 1 atom stereocenters. The normalized spacial score (nSPS) is 11.9. The van der Waals surface area contributed by atoms with Crippen LogP contribution in [0.5, 0.6) is 5.75 Å². The monoisotopic (exact) mass is 321 g/mol. The molecule has 2 amide bonds. The second-order valence-corrected chi connectivity index (χ2v) is 5.52. The van der Waals surface area contributed by atoms with Gasteiger partial charge in [0.25, 0.3) is 0 Å². The molecular formula is C17H27N3O3. The SMILES string of the molecule is CCOc1ccc(C(CNC(=O)CCNC(C)=O)N(C)C)cc1. The van der Waals surface area contributed by atoms with E-state index in [1.807, 2.05) is 45.3 Å². The van der Waals surface area contributed by atoms with Gasteiger partial charge in [0, 0.05) is 26.4 Å². The van der Waals surface area contributed by atoms with Gasteiger partial charge in [0.05, 0.1) is 12.6 Å². The molecule has 1 rings (SSSR count). The fourth-order valence-electron chi connectivity index (χ4n) is 2.20. The first-order chi connectivity index (χ1) is 10.9. The van der Waals surface area contributed by atoms with Crippen LogP contribution in [-0.2, 0) is 9.59 Å². The molecule has 0 saturated carbocycles. The Hall–Kier alpha value is -2.08. The number of hydrogen-bond donors (Lipinski definition) is 2. The Balaban J connectivity index is 2.54. The first kappa shape index (κ1) is 19.0. The van der Waals surface area contributed by atoms with E-state index in [-0.39, 0.29) is 24.3 Å². The molecule has 0 aliphatic carbocycles. The Morgan fingerprint density at radius 1 is 1.17 bits per heavy atom. The number of carbonyl (C=O) groups is 2. The van der Waals surface area contributed by atoms with Gasteiger partial charge in [0.15, 0.2) is 0 Å². The van der Waals surface area contributed by atoms with Crippen LogP contribution < -0.4 is 15.4 Å². The van der Waals surface area contributed by atoms with Crippen LogP contribution >= 0.6 is 0 Å². The van der Waals surface area contributed by atoms with Crippen molar-refractivity contribution < 1.29 is 14.3 Å². The molecule has 0 heterocycles. The van der Waals surface area contributed by atoms with E-state index in [0.717, 1.165) is 11.3 Å². The van der Waals surface area contributed by atoms with Gasteiger partial charge in [-0.25, -0.2) is 0 Å². The molecule has 0 aliphatic heterocycles. The Labute approximate surface area is 138 Å². The molecule has 0 fully saturated rings. The summed E-state index contributed by atoms with van der Waals surface area (Å²) in [6.07, 6.45) is 0.281. The highest BCUT2D eigenvalue weighted by Crippen LogP contribution is 2.20. The summed E-state index contributed by atoms with van der Waals surface area (Å²) in [5.74, 6) is 0.642. The average Bonchev–Trinajstić information content (AvgIpc) is 2.48. The Morgan fingerprint density at radius 3 is 2.35 bits per heavy atom. The van der Waals surface area contributed by atoms with E-state index in [2.05, 4.69) is 15.5 Å². The van der Waals surface area contributed by atoms with Crippen molar-refractivity contribution in [2.75, 3.05) is 33.8 Å². The summed E-state index contributed by atoms with van der Waals surface area (Å²) < 4.78 is 5.45. The molecule has 128 valence electrons. The lowest BCUT2D eigenvalue weighted by Gasteiger charge is -2.25. The van der Waals surface area contributed by atoms with Crippen LogP contribution in [-0.4, -0.2) is 50.5 Å². The number of rotatable bonds is 9. The number of benzene rings is 1. The van der Waals surface area contributed by atoms with E-state index in [9.17, 15) is 9.59 Å². The maximum Gasteiger partial charge on any atom is 0.221 e. The number of amides is 2. The van der Waals surface area contributed by atoms with Gasteiger partial charge in [-0.3, -0.25) is 9.59 Å². The molecule has 0 aliphatic rings. The standard InChI is InChI=1S/C17H27N3O3/c1-5-23-15-8-6-14(7-9-15)16(20(3)4)12-19-17(22)10-11-18-13(2)21/h6-9,16H,5,10-12H2,1-4H3,(H,18,21)(H,19,22). The van der Waals surface area contributed by atoms with Crippen molar-refractivity contribution in [3.8, 4) is 5.75 Å². The highest BCUT2D eigenvalue weighted by atomic mass is 16.5. The summed E-state index contributed by atoms with van der Waals surface area (Å²) in [4.78, 5) is 24.7. The molecule has 1 aromatic carbocycles. The van der Waals surface area contributed by atoms with E-state index in [1.54, 1.807) is 0 Å². The summed E-state index contributed by atoms with van der Waals surface area (Å²) in [7, 11) is 3.95. The van der Waals surface area contributed by atoms with E-state index >= 15 is 0 Å². The van der Waals surface area contributed by atoms with Gasteiger partial charge in [-0.15, -0.1) is 0 Å². The largest absolute Gasteiger partial charge is 0.494 e. The molecule has 1 aromatic rings. The van der Waals surface area contributed by atoms with Crippen molar-refractivity contribution in [1.82, 2.24) is 15.5 Å². The third-order valence-corrected chi connectivity index (χ3v) is 3.42. The van der Waals surface area contributed by atoms with Crippen LogP contribution in [0.3, 0.4) is 0 Å². The molecule has 0 spiro atoms. The fraction of sp³-hybridized carbons (Fsp3) is 0.529. The van der Waals surface area contributed by atoms with Crippen LogP contribution in [0, 0.1) is 0 Å². The highest BCUT2D eigenvalue weighted by molar-refractivity contribution is 5.77. The zero-order valence-corrected chi connectivity index (χ0v) is 14.4. The van der Waals surface area contributed by atoms with Gasteiger partial charge in [0.2, 0.25) is 11.8 Å². The predicted molar refractivity (Wildman–Crippen MR) is 90.3 cm³/mol. The van der Waals surface area contributed by atoms with Gasteiger partial charge in [-0.05, 0) is 38.7 Å². The summed E-state index contributed by atoms with van der Waals surface area (Å²) in [5, 5.41) is 5.53. The minimum absolute atomic E-state index is 0.0727. The number of likely N-dealkylation sites (N-methyl/N-ethyl adjacent to an activating group) is 1. The quantitative estimate of drug-likeness (QED) is 0.720. The minimum atomic E-state index is -0.127. The van der Waals surface area contributed by atoms with Gasteiger partial charge in [-0.2, -0.15) is 0 Å². The molecule has 0 radical (unpaired) electrons. The first-order valence-electron chi connectivity index (χ1n) is 7.84. The maximum absolute atomic E-state index is 11.8. The lowest BCUT2D eigenvalue weighted by atomic mass is 10.1. The number of ether oxygens (including phenoxy) is 1. The van der Waals surface area contributed by atoms with Gasteiger partial charge >= 0.3 is 0 Å². The summed E-state index contributed by atoms with van der Waals surface area (Å²) in [6.45, 7) is 4.90. The molecule has 23 heavy (non-hydrogen) atoms. The smallest absolute Gasteiger partial charge is 0.221 e. The lowest BCUT2D eigenvalue weighted by molar-refractivity contribution is -0.121. The molecule has 0 bridgehead atoms. The minimum Gasteiger partial charge on any atom is -0.494 e. The number of carbonyl (C=O) groups excluding carboxylic acids is 2. The van der Waals surface area contributed by atoms with Crippen molar-refractivity contribution in [2.24, 2.45) is 0 Å². The van der Waals surface area contributed by atoms with Crippen molar-refractivity contribution in [1.29, 1.82) is 0 Å². The van der Waals surface area contributed by atoms with Crippen LogP contribution in [0.1, 0.15) is 31.9 Å². The van der Waals surface area contributed by atoms with E-state index in [0.29, 0.717) is 19.7 Å². The second kappa shape index (κ2) is 9.84. The second-order valence-electron chi connectivity index (χ2n) is 5.52. The first-order valence-corrected chi connectivity index (χ1v) is 7.84. The third kappa shape index (κ3) is 7.15. The summed E-state index contributed by atoms with van der Waals surface area (Å²) in [6, 6.07) is 7.98. The van der Waals surface area contributed by atoms with Gasteiger partial charge in [0.1, 0.15) is 5.75 Å².